The lowest BCUT2D eigenvalue weighted by Crippen LogP contribution is -2.55. The molecular weight excluding hydrogens is 675 g/mol. The Morgan fingerprint density at radius 2 is 1.62 bits per heavy atom. The predicted octanol–water partition coefficient (Wildman–Crippen LogP) is 4.85. The lowest BCUT2D eigenvalue weighted by atomic mass is 10.1. The predicted molar refractivity (Wildman–Crippen MR) is 184 cm³/mol. The molecule has 6 rings (SSSR count). The van der Waals surface area contributed by atoms with Crippen LogP contribution in [-0.2, 0) is 21.4 Å². The van der Waals surface area contributed by atoms with Crippen LogP contribution in [0.3, 0.4) is 0 Å². The average Bonchev–Trinajstić information content (AvgIpc) is 3.59. The van der Waals surface area contributed by atoms with Crippen LogP contribution in [0.4, 0.5) is 0 Å². The SMILES string of the molecule is Cc1ccc2cccc(OCc3c(Cl)ccc(S(=O)(=O)N4CCC[C@H]4C(=O)N4CCN(C(=O)c5ccc(C(=N)N)cc5)CC4)c3Cl)c2n1. The number of aryl methyl sites for hydroxylation is 1. The maximum Gasteiger partial charge on any atom is 0.253 e. The van der Waals surface area contributed by atoms with Crippen LogP contribution in [-0.4, -0.2) is 83.9 Å². The summed E-state index contributed by atoms with van der Waals surface area (Å²) >= 11 is 13.3. The number of carbonyl (C=O) groups is 2. The third kappa shape index (κ3) is 6.57. The van der Waals surface area contributed by atoms with Crippen molar-refractivity contribution in [1.82, 2.24) is 19.1 Å². The molecule has 0 aliphatic carbocycles. The normalized spacial score (nSPS) is 17.1. The first-order chi connectivity index (χ1) is 23.0. The number of ether oxygens (including phenoxy) is 1. The van der Waals surface area contributed by atoms with Gasteiger partial charge >= 0.3 is 0 Å². The maximum absolute atomic E-state index is 14.1. The molecule has 14 heteroatoms. The van der Waals surface area contributed by atoms with E-state index in [4.69, 9.17) is 39.1 Å². The molecular formula is C34H34Cl2N6O5S. The van der Waals surface area contributed by atoms with Crippen molar-refractivity contribution in [3.8, 4) is 5.75 Å². The molecule has 4 aromatic rings. The maximum atomic E-state index is 14.1. The number of rotatable bonds is 8. The third-order valence-corrected chi connectivity index (χ3v) is 11.6. The van der Waals surface area contributed by atoms with Crippen LogP contribution in [0.15, 0.2) is 71.6 Å². The zero-order chi connectivity index (χ0) is 34.2. The van der Waals surface area contributed by atoms with E-state index in [1.54, 1.807) is 40.1 Å². The summed E-state index contributed by atoms with van der Waals surface area (Å²) < 4.78 is 35.4. The van der Waals surface area contributed by atoms with E-state index in [1.807, 2.05) is 31.2 Å². The highest BCUT2D eigenvalue weighted by Crippen LogP contribution is 2.37. The fraction of sp³-hybridized carbons (Fsp3) is 0.294. The van der Waals surface area contributed by atoms with Gasteiger partial charge in [-0.3, -0.25) is 15.0 Å². The topological polar surface area (TPSA) is 150 Å². The summed E-state index contributed by atoms with van der Waals surface area (Å²) in [4.78, 5) is 34.5. The van der Waals surface area contributed by atoms with Crippen LogP contribution in [0.2, 0.25) is 10.0 Å². The summed E-state index contributed by atoms with van der Waals surface area (Å²) in [6.07, 6.45) is 0.882. The van der Waals surface area contributed by atoms with E-state index in [0.29, 0.717) is 53.9 Å². The van der Waals surface area contributed by atoms with Crippen molar-refractivity contribution in [3.05, 3.63) is 99.2 Å². The van der Waals surface area contributed by atoms with Crippen LogP contribution < -0.4 is 10.5 Å². The van der Waals surface area contributed by atoms with Gasteiger partial charge in [-0.25, -0.2) is 13.4 Å². The number of nitrogens with zero attached hydrogens (tertiary/aromatic N) is 4. The van der Waals surface area contributed by atoms with Crippen LogP contribution >= 0.6 is 23.2 Å². The molecule has 2 aliphatic heterocycles. The van der Waals surface area contributed by atoms with Gasteiger partial charge in [-0.15, -0.1) is 0 Å². The van der Waals surface area contributed by atoms with Crippen molar-refractivity contribution in [2.24, 2.45) is 5.73 Å². The van der Waals surface area contributed by atoms with Crippen molar-refractivity contribution in [3.63, 3.8) is 0 Å². The van der Waals surface area contributed by atoms with Crippen molar-refractivity contribution in [1.29, 1.82) is 5.41 Å². The lowest BCUT2D eigenvalue weighted by Gasteiger charge is -2.37. The molecule has 3 aromatic carbocycles. The number of amidine groups is 1. The number of hydrogen-bond acceptors (Lipinski definition) is 7. The third-order valence-electron chi connectivity index (χ3n) is 8.74. The number of para-hydroxylation sites is 1. The first-order valence-corrected chi connectivity index (χ1v) is 17.7. The van der Waals surface area contributed by atoms with Gasteiger partial charge in [-0.2, -0.15) is 4.31 Å². The number of halogens is 2. The molecule has 0 spiro atoms. The number of hydrogen-bond donors (Lipinski definition) is 2. The Hall–Kier alpha value is -4.23. The molecule has 2 aliphatic rings. The first-order valence-electron chi connectivity index (χ1n) is 15.5. The van der Waals surface area contributed by atoms with Crippen molar-refractivity contribution in [2.75, 3.05) is 32.7 Å². The van der Waals surface area contributed by atoms with Gasteiger partial charge in [0.2, 0.25) is 15.9 Å². The Bertz CT molecular complexity index is 2020. The molecule has 0 saturated carbocycles. The Balaban J connectivity index is 1.15. The monoisotopic (exact) mass is 708 g/mol. The fourth-order valence-corrected chi connectivity index (χ4v) is 8.62. The number of carbonyl (C=O) groups excluding carboxylic acids is 2. The Labute approximate surface area is 288 Å². The summed E-state index contributed by atoms with van der Waals surface area (Å²) in [7, 11) is -4.20. The van der Waals surface area contributed by atoms with Gasteiger partial charge in [0, 0.05) is 65.5 Å². The molecule has 0 unspecified atom stereocenters. The van der Waals surface area contributed by atoms with Crippen molar-refractivity contribution < 1.29 is 22.7 Å². The highest BCUT2D eigenvalue weighted by Gasteiger charge is 2.43. The van der Waals surface area contributed by atoms with Crippen LogP contribution in [0.25, 0.3) is 10.9 Å². The zero-order valence-electron chi connectivity index (χ0n) is 26.2. The number of pyridine rings is 1. The summed E-state index contributed by atoms with van der Waals surface area (Å²) in [6, 6.07) is 17.8. The van der Waals surface area contributed by atoms with Gasteiger partial charge in [0.15, 0.2) is 0 Å². The van der Waals surface area contributed by atoms with Gasteiger partial charge in [0.25, 0.3) is 5.91 Å². The number of aromatic nitrogens is 1. The number of fused-ring (bicyclic) bond motifs is 1. The molecule has 2 fully saturated rings. The fourth-order valence-electron chi connectivity index (χ4n) is 6.11. The second-order valence-corrected chi connectivity index (χ2v) is 14.4. The lowest BCUT2D eigenvalue weighted by molar-refractivity contribution is -0.136. The van der Waals surface area contributed by atoms with Gasteiger partial charge < -0.3 is 20.3 Å². The van der Waals surface area contributed by atoms with Crippen molar-refractivity contribution in [2.45, 2.75) is 37.3 Å². The molecule has 0 radical (unpaired) electrons. The Morgan fingerprint density at radius 1 is 0.938 bits per heavy atom. The summed E-state index contributed by atoms with van der Waals surface area (Å²) in [5.74, 6) is -0.0660. The smallest absolute Gasteiger partial charge is 0.253 e. The second-order valence-electron chi connectivity index (χ2n) is 11.8. The molecule has 48 heavy (non-hydrogen) atoms. The van der Waals surface area contributed by atoms with E-state index in [-0.39, 0.29) is 58.8 Å². The Kier molecular flexibility index (Phi) is 9.62. The summed E-state index contributed by atoms with van der Waals surface area (Å²) in [5, 5.41) is 8.61. The van der Waals surface area contributed by atoms with Gasteiger partial charge in [-0.05, 0) is 56.2 Å². The van der Waals surface area contributed by atoms with Gasteiger partial charge in [0.1, 0.15) is 34.6 Å². The zero-order valence-corrected chi connectivity index (χ0v) is 28.5. The molecule has 2 amide bonds. The molecule has 1 atom stereocenters. The minimum absolute atomic E-state index is 0.0616. The van der Waals surface area contributed by atoms with Crippen LogP contribution in [0.5, 0.6) is 5.75 Å². The largest absolute Gasteiger partial charge is 0.487 e. The molecule has 1 aromatic heterocycles. The second kappa shape index (κ2) is 13.7. The van der Waals surface area contributed by atoms with E-state index in [1.165, 1.54) is 16.4 Å². The molecule has 2 saturated heterocycles. The minimum Gasteiger partial charge on any atom is -0.487 e. The number of nitrogens with two attached hydrogens (primary N) is 1. The van der Waals surface area contributed by atoms with E-state index in [0.717, 1.165) is 11.1 Å². The first kappa shape index (κ1) is 33.7. The number of nitrogen functional groups attached to an aromatic ring is 1. The number of amides is 2. The number of nitrogens with one attached hydrogen (secondary N) is 1. The van der Waals surface area contributed by atoms with Crippen LogP contribution in [0, 0.1) is 12.3 Å². The van der Waals surface area contributed by atoms with E-state index in [2.05, 4.69) is 4.98 Å². The molecule has 3 heterocycles. The summed E-state index contributed by atoms with van der Waals surface area (Å²) in [5.41, 5.74) is 8.29. The molecule has 3 N–H and O–H groups in total. The van der Waals surface area contributed by atoms with E-state index >= 15 is 0 Å². The van der Waals surface area contributed by atoms with Gasteiger partial charge in [-0.1, -0.05) is 53.5 Å². The van der Waals surface area contributed by atoms with Crippen molar-refractivity contribution >= 4 is 61.8 Å². The highest BCUT2D eigenvalue weighted by atomic mass is 35.5. The minimum atomic E-state index is -4.20. The molecule has 11 nitrogen and oxygen atoms in total. The van der Waals surface area contributed by atoms with E-state index < -0.39 is 16.1 Å². The van der Waals surface area contributed by atoms with Gasteiger partial charge in [0.05, 0.1) is 5.02 Å². The summed E-state index contributed by atoms with van der Waals surface area (Å²) in [6.45, 7) is 3.10. The number of benzene rings is 3. The van der Waals surface area contributed by atoms with E-state index in [9.17, 15) is 18.0 Å². The molecule has 0 bridgehead atoms. The highest BCUT2D eigenvalue weighted by molar-refractivity contribution is 7.89. The standard InChI is InChI=1S/C34H34Cl2N6O5S/c1-21-7-8-22-4-2-6-28(31(22)39-21)47-20-25-26(35)13-14-29(30(25)36)48(45,46)42-15-3-5-27(42)34(44)41-18-16-40(17-19-41)33(43)24-11-9-23(10-12-24)32(37)38/h2,4,6-14,27H,3,5,15-20H2,1H3,(H3,37,38)/t27-/m0/s1. The average molecular weight is 710 g/mol. The quantitative estimate of drug-likeness (QED) is 0.196. The number of sulfonamides is 1. The van der Waals surface area contributed by atoms with Crippen LogP contribution in [0.1, 0.15) is 40.0 Å². The number of piperazine rings is 1. The Morgan fingerprint density at radius 3 is 2.33 bits per heavy atom. The molecule has 250 valence electrons.